The molecule has 1 atom stereocenters. The number of carboxylic acids is 1. The first-order chi connectivity index (χ1) is 14.0. The van der Waals surface area contributed by atoms with Crippen molar-refractivity contribution in [3.05, 3.63) is 59.7 Å². The van der Waals surface area contributed by atoms with Crippen LogP contribution in [0, 0.1) is 6.92 Å². The van der Waals surface area contributed by atoms with Gasteiger partial charge < -0.3 is 23.4 Å². The fraction of sp³-hybridized carbons (Fsp3) is 0.364. The van der Waals surface area contributed by atoms with Crippen molar-refractivity contribution in [3.8, 4) is 17.4 Å². The van der Waals surface area contributed by atoms with E-state index in [2.05, 4.69) is 4.98 Å². The third kappa shape index (κ3) is 4.68. The van der Waals surface area contributed by atoms with Crippen LogP contribution in [0.4, 0.5) is 0 Å². The average Bonchev–Trinajstić information content (AvgIpc) is 3.36. The van der Waals surface area contributed by atoms with Gasteiger partial charge in [0.15, 0.2) is 11.4 Å². The lowest BCUT2D eigenvalue weighted by molar-refractivity contribution is -0.166. The molecule has 0 unspecified atom stereocenters. The Balaban J connectivity index is 1.65. The molecular formula is C22H25NO6. The highest BCUT2D eigenvalue weighted by Crippen LogP contribution is 2.26. The third-order valence-corrected chi connectivity index (χ3v) is 4.79. The number of oxazole rings is 1. The molecule has 7 nitrogen and oxygen atoms in total. The van der Waals surface area contributed by atoms with Gasteiger partial charge in [0.2, 0.25) is 0 Å². The minimum atomic E-state index is -1.21. The van der Waals surface area contributed by atoms with Crippen molar-refractivity contribution < 1.29 is 28.2 Å². The van der Waals surface area contributed by atoms with Crippen molar-refractivity contribution in [1.29, 1.82) is 0 Å². The SMILES string of the molecule is CCO[C@@](CC)(Cc1ccc(OCc2nc(-c3ccco3)oc2C)cc1)C(=O)O. The van der Waals surface area contributed by atoms with Crippen molar-refractivity contribution in [1.82, 2.24) is 4.98 Å². The predicted molar refractivity (Wildman–Crippen MR) is 106 cm³/mol. The number of furan rings is 1. The molecule has 3 aromatic rings. The van der Waals surface area contributed by atoms with Crippen molar-refractivity contribution in [2.45, 2.75) is 45.8 Å². The normalized spacial score (nSPS) is 13.2. The first-order valence-electron chi connectivity index (χ1n) is 9.56. The molecule has 0 saturated heterocycles. The molecule has 7 heteroatoms. The van der Waals surface area contributed by atoms with Crippen LogP contribution in [0.15, 0.2) is 51.5 Å². The topological polar surface area (TPSA) is 94.9 Å². The molecule has 2 heterocycles. The smallest absolute Gasteiger partial charge is 0.336 e. The zero-order chi connectivity index (χ0) is 20.9. The van der Waals surface area contributed by atoms with E-state index in [1.165, 1.54) is 0 Å². The summed E-state index contributed by atoms with van der Waals surface area (Å²) in [5, 5.41) is 9.61. The predicted octanol–water partition coefficient (Wildman–Crippen LogP) is 4.63. The van der Waals surface area contributed by atoms with Crippen molar-refractivity contribution >= 4 is 5.97 Å². The molecule has 1 N–H and O–H groups in total. The van der Waals surface area contributed by atoms with Gasteiger partial charge in [0.05, 0.1) is 6.26 Å². The van der Waals surface area contributed by atoms with Crippen molar-refractivity contribution in [2.75, 3.05) is 6.61 Å². The molecule has 0 amide bonds. The van der Waals surface area contributed by atoms with Crippen LogP contribution in [0.1, 0.15) is 37.3 Å². The molecule has 0 aliphatic heterocycles. The summed E-state index contributed by atoms with van der Waals surface area (Å²) in [6.45, 7) is 6.04. The van der Waals surface area contributed by atoms with E-state index in [1.54, 1.807) is 25.3 Å². The lowest BCUT2D eigenvalue weighted by atomic mass is 9.91. The number of hydrogen-bond donors (Lipinski definition) is 1. The first-order valence-corrected chi connectivity index (χ1v) is 9.56. The Morgan fingerprint density at radius 1 is 1.21 bits per heavy atom. The second kappa shape index (κ2) is 8.96. The number of aromatic nitrogens is 1. The maximum atomic E-state index is 11.7. The van der Waals surface area contributed by atoms with Crippen LogP contribution in [0.2, 0.25) is 0 Å². The maximum absolute atomic E-state index is 11.7. The van der Waals surface area contributed by atoms with Gasteiger partial charge in [-0.3, -0.25) is 0 Å². The molecule has 29 heavy (non-hydrogen) atoms. The summed E-state index contributed by atoms with van der Waals surface area (Å²) in [5.74, 6) is 1.36. The van der Waals surface area contributed by atoms with Crippen LogP contribution < -0.4 is 4.74 Å². The molecule has 0 aliphatic rings. The number of aliphatic carboxylic acids is 1. The van der Waals surface area contributed by atoms with Crippen molar-refractivity contribution in [2.24, 2.45) is 0 Å². The molecule has 0 spiro atoms. The fourth-order valence-electron chi connectivity index (χ4n) is 3.10. The molecule has 1 aromatic carbocycles. The first kappa shape index (κ1) is 20.7. The minimum Gasteiger partial charge on any atom is -0.487 e. The number of hydrogen-bond acceptors (Lipinski definition) is 6. The standard InChI is InChI=1S/C22H25NO6/c1-4-22(21(24)25,28-5-2)13-16-8-10-17(11-9-16)27-14-18-15(3)29-20(23-18)19-7-6-12-26-19/h6-12H,4-5,13-14H2,1-3H3,(H,24,25)/t22-/m0/s1. The van der Waals surface area contributed by atoms with E-state index in [0.717, 1.165) is 5.56 Å². The van der Waals surface area contributed by atoms with E-state index in [-0.39, 0.29) is 6.61 Å². The Kier molecular flexibility index (Phi) is 6.39. The van der Waals surface area contributed by atoms with E-state index >= 15 is 0 Å². The molecule has 3 rings (SSSR count). The highest BCUT2D eigenvalue weighted by atomic mass is 16.5. The van der Waals surface area contributed by atoms with Gasteiger partial charge >= 0.3 is 5.97 Å². The highest BCUT2D eigenvalue weighted by Gasteiger charge is 2.37. The summed E-state index contributed by atoms with van der Waals surface area (Å²) in [6.07, 6.45) is 2.25. The molecule has 0 bridgehead atoms. The molecule has 0 saturated carbocycles. The van der Waals surface area contributed by atoms with E-state index in [9.17, 15) is 9.90 Å². The molecule has 0 fully saturated rings. The Hall–Kier alpha value is -3.06. The number of nitrogens with zero attached hydrogens (tertiary/aromatic N) is 1. The van der Waals surface area contributed by atoms with Crippen LogP contribution in [0.3, 0.4) is 0 Å². The monoisotopic (exact) mass is 399 g/mol. The largest absolute Gasteiger partial charge is 0.487 e. The van der Waals surface area contributed by atoms with Gasteiger partial charge in [-0.05, 0) is 50.1 Å². The Morgan fingerprint density at radius 3 is 2.55 bits per heavy atom. The molecule has 0 radical (unpaired) electrons. The van der Waals surface area contributed by atoms with Crippen LogP contribution >= 0.6 is 0 Å². The van der Waals surface area contributed by atoms with Gasteiger partial charge in [0.1, 0.15) is 23.8 Å². The Morgan fingerprint density at radius 2 is 1.97 bits per heavy atom. The number of carbonyl (C=O) groups is 1. The average molecular weight is 399 g/mol. The van der Waals surface area contributed by atoms with Crippen molar-refractivity contribution in [3.63, 3.8) is 0 Å². The zero-order valence-electron chi connectivity index (χ0n) is 16.8. The van der Waals surface area contributed by atoms with Gasteiger partial charge in [0, 0.05) is 13.0 Å². The summed E-state index contributed by atoms with van der Waals surface area (Å²) in [5.41, 5.74) is 0.345. The lowest BCUT2D eigenvalue weighted by Gasteiger charge is -2.28. The van der Waals surface area contributed by atoms with Crippen LogP contribution in [0.25, 0.3) is 11.7 Å². The van der Waals surface area contributed by atoms with Gasteiger partial charge in [0.25, 0.3) is 5.89 Å². The molecule has 154 valence electrons. The van der Waals surface area contributed by atoms with E-state index in [4.69, 9.17) is 18.3 Å². The molecular weight excluding hydrogens is 374 g/mol. The number of rotatable bonds is 10. The van der Waals surface area contributed by atoms with Gasteiger partial charge in [-0.1, -0.05) is 19.1 Å². The number of ether oxygens (including phenoxy) is 2. The molecule has 0 aliphatic carbocycles. The number of aryl methyl sites for hydroxylation is 1. The van der Waals surface area contributed by atoms with Crippen LogP contribution in [0.5, 0.6) is 5.75 Å². The molecule has 2 aromatic heterocycles. The second-order valence-corrected chi connectivity index (χ2v) is 6.69. The van der Waals surface area contributed by atoms with E-state index < -0.39 is 11.6 Å². The Labute approximate surface area is 169 Å². The number of carboxylic acid groups (broad SMARTS) is 1. The maximum Gasteiger partial charge on any atom is 0.336 e. The minimum absolute atomic E-state index is 0.252. The Bertz CT molecular complexity index is 929. The van der Waals surface area contributed by atoms with Crippen LogP contribution in [-0.4, -0.2) is 28.3 Å². The summed E-state index contributed by atoms with van der Waals surface area (Å²) in [6, 6.07) is 10.9. The van der Waals surface area contributed by atoms with Gasteiger partial charge in [-0.15, -0.1) is 0 Å². The van der Waals surface area contributed by atoms with Gasteiger partial charge in [-0.25, -0.2) is 9.78 Å². The zero-order valence-corrected chi connectivity index (χ0v) is 16.8. The highest BCUT2D eigenvalue weighted by molar-refractivity contribution is 5.78. The second-order valence-electron chi connectivity index (χ2n) is 6.69. The lowest BCUT2D eigenvalue weighted by Crippen LogP contribution is -2.43. The third-order valence-electron chi connectivity index (χ3n) is 4.79. The fourth-order valence-corrected chi connectivity index (χ4v) is 3.10. The summed E-state index contributed by atoms with van der Waals surface area (Å²) in [4.78, 5) is 16.1. The number of benzene rings is 1. The van der Waals surface area contributed by atoms with Crippen LogP contribution in [-0.2, 0) is 22.6 Å². The quantitative estimate of drug-likeness (QED) is 0.531. The summed E-state index contributed by atoms with van der Waals surface area (Å²) in [7, 11) is 0. The van der Waals surface area contributed by atoms with E-state index in [0.29, 0.717) is 48.3 Å². The summed E-state index contributed by atoms with van der Waals surface area (Å²) < 4.78 is 22.3. The summed E-state index contributed by atoms with van der Waals surface area (Å²) >= 11 is 0. The van der Waals surface area contributed by atoms with Gasteiger partial charge in [-0.2, -0.15) is 0 Å². The van der Waals surface area contributed by atoms with E-state index in [1.807, 2.05) is 38.1 Å².